The molecule has 1 aliphatic heterocycles. The van der Waals surface area contributed by atoms with E-state index in [-0.39, 0.29) is 12.6 Å². The molecule has 6 atom stereocenters. The fraction of sp³-hybridized carbons (Fsp3) is 0.421. The molecule has 31 heavy (non-hydrogen) atoms. The first-order valence-electron chi connectivity index (χ1n) is 9.86. The third-order valence-electron chi connectivity index (χ3n) is 5.78. The van der Waals surface area contributed by atoms with Crippen LogP contribution in [0.2, 0.25) is 0 Å². The summed E-state index contributed by atoms with van der Waals surface area (Å²) in [6, 6.07) is 8.32. The standard InChI is InChI=1S/C19H21FN6O4S/c20-14-16(27)13(7-24-31(28)29)30-19(14)26-9-23-15-17(21-8-22-18(15)26)25-12-6-5-10-3-1-2-4-11(10)12/h1-4,8-9,12-14,16,19,24,27H,5-7H2,(H,28,29)(H,21,22,25)/t12?,13-,14-,16+,19-/m1/s1. The van der Waals surface area contributed by atoms with Gasteiger partial charge in [0.15, 0.2) is 29.4 Å². The summed E-state index contributed by atoms with van der Waals surface area (Å²) in [6.07, 6.45) is -0.721. The predicted octanol–water partition coefficient (Wildman–Crippen LogP) is 1.25. The minimum absolute atomic E-state index is 0.0905. The zero-order valence-corrected chi connectivity index (χ0v) is 17.1. The van der Waals surface area contributed by atoms with E-state index in [2.05, 4.69) is 37.1 Å². The van der Waals surface area contributed by atoms with Gasteiger partial charge in [-0.25, -0.2) is 28.3 Å². The van der Waals surface area contributed by atoms with Crippen LogP contribution < -0.4 is 10.0 Å². The van der Waals surface area contributed by atoms with Crippen molar-refractivity contribution < 1.29 is 23.0 Å². The summed E-state index contributed by atoms with van der Waals surface area (Å²) < 4.78 is 43.7. The second-order valence-corrected chi connectivity index (χ2v) is 8.37. The Morgan fingerprint density at radius 1 is 1.29 bits per heavy atom. The lowest BCUT2D eigenvalue weighted by atomic mass is 10.1. The number of alkyl halides is 1. The topological polar surface area (TPSA) is 134 Å². The number of nitrogens with zero attached hydrogens (tertiary/aromatic N) is 4. The lowest BCUT2D eigenvalue weighted by Crippen LogP contribution is -2.36. The highest BCUT2D eigenvalue weighted by atomic mass is 32.2. The zero-order chi connectivity index (χ0) is 21.5. The van der Waals surface area contributed by atoms with Crippen LogP contribution in [0.25, 0.3) is 11.2 Å². The summed E-state index contributed by atoms with van der Waals surface area (Å²) in [7, 11) is 0. The molecule has 0 radical (unpaired) electrons. The molecule has 0 saturated carbocycles. The van der Waals surface area contributed by atoms with E-state index < -0.39 is 35.9 Å². The van der Waals surface area contributed by atoms with Gasteiger partial charge in [0.05, 0.1) is 12.4 Å². The van der Waals surface area contributed by atoms with Crippen molar-refractivity contribution in [2.45, 2.75) is 43.5 Å². The SMILES string of the molecule is O=S(O)NC[C@H]1O[C@@H](n2cnc3c(NC4CCc5ccccc54)ncnc32)[C@H](F)[C@H]1O. The number of fused-ring (bicyclic) bond motifs is 2. The second kappa shape index (κ2) is 8.20. The van der Waals surface area contributed by atoms with Crippen molar-refractivity contribution in [1.29, 1.82) is 0 Å². The number of rotatable bonds is 6. The molecular weight excluding hydrogens is 427 g/mol. The molecular formula is C19H21FN6O4S. The number of nitrogens with one attached hydrogen (secondary N) is 2. The molecule has 2 unspecified atom stereocenters. The van der Waals surface area contributed by atoms with E-state index in [0.29, 0.717) is 17.0 Å². The second-order valence-electron chi connectivity index (χ2n) is 7.58. The van der Waals surface area contributed by atoms with Gasteiger partial charge >= 0.3 is 0 Å². The van der Waals surface area contributed by atoms with Crippen LogP contribution >= 0.6 is 0 Å². The van der Waals surface area contributed by atoms with Gasteiger partial charge < -0.3 is 15.2 Å². The Kier molecular flexibility index (Phi) is 5.40. The van der Waals surface area contributed by atoms with Crippen LogP contribution in [0.1, 0.15) is 29.8 Å². The predicted molar refractivity (Wildman–Crippen MR) is 110 cm³/mol. The van der Waals surface area contributed by atoms with Crippen LogP contribution in [0.3, 0.4) is 0 Å². The molecule has 0 bridgehead atoms. The van der Waals surface area contributed by atoms with Crippen molar-refractivity contribution in [2.24, 2.45) is 0 Å². The number of hydrogen-bond donors (Lipinski definition) is 4. The Hall–Kier alpha value is -2.51. The molecule has 4 N–H and O–H groups in total. The number of aryl methyl sites for hydroxylation is 1. The van der Waals surface area contributed by atoms with Crippen molar-refractivity contribution in [3.05, 3.63) is 48.0 Å². The molecule has 1 aliphatic carbocycles. The van der Waals surface area contributed by atoms with Crippen molar-refractivity contribution in [1.82, 2.24) is 24.2 Å². The first kappa shape index (κ1) is 20.4. The van der Waals surface area contributed by atoms with Crippen LogP contribution in [-0.4, -0.2) is 58.3 Å². The van der Waals surface area contributed by atoms with Crippen LogP contribution in [0, 0.1) is 0 Å². The van der Waals surface area contributed by atoms with Gasteiger partial charge in [-0.05, 0) is 24.0 Å². The lowest BCUT2D eigenvalue weighted by Gasteiger charge is -2.16. The molecule has 3 aromatic rings. The van der Waals surface area contributed by atoms with E-state index in [1.807, 2.05) is 12.1 Å². The molecule has 2 aliphatic rings. The van der Waals surface area contributed by atoms with Crippen molar-refractivity contribution >= 4 is 28.2 Å². The van der Waals surface area contributed by atoms with Gasteiger partial charge in [0, 0.05) is 6.54 Å². The quantitative estimate of drug-likeness (QED) is 0.414. The Morgan fingerprint density at radius 2 is 2.13 bits per heavy atom. The van der Waals surface area contributed by atoms with Crippen molar-refractivity contribution in [2.75, 3.05) is 11.9 Å². The van der Waals surface area contributed by atoms with Crippen LogP contribution in [0.15, 0.2) is 36.9 Å². The normalized spacial score (nSPS) is 28.7. The highest BCUT2D eigenvalue weighted by Crippen LogP contribution is 2.36. The number of ether oxygens (including phenoxy) is 1. The fourth-order valence-electron chi connectivity index (χ4n) is 4.27. The summed E-state index contributed by atoms with van der Waals surface area (Å²) in [5.41, 5.74) is 3.35. The maximum atomic E-state index is 14.8. The monoisotopic (exact) mass is 448 g/mol. The maximum absolute atomic E-state index is 14.8. The summed E-state index contributed by atoms with van der Waals surface area (Å²) in [4.78, 5) is 12.9. The van der Waals surface area contributed by atoms with E-state index in [1.54, 1.807) is 0 Å². The molecule has 3 heterocycles. The Balaban J connectivity index is 1.41. The van der Waals surface area contributed by atoms with Gasteiger partial charge in [-0.2, -0.15) is 0 Å². The number of benzene rings is 1. The molecule has 12 heteroatoms. The van der Waals surface area contributed by atoms with E-state index >= 15 is 0 Å². The fourth-order valence-corrected chi connectivity index (χ4v) is 4.57. The molecule has 1 saturated heterocycles. The largest absolute Gasteiger partial charge is 0.387 e. The Labute approximate surface area is 179 Å². The molecule has 1 aromatic carbocycles. The smallest absolute Gasteiger partial charge is 0.231 e. The summed E-state index contributed by atoms with van der Waals surface area (Å²) in [5.74, 6) is 0.535. The van der Waals surface area contributed by atoms with Gasteiger partial charge in [0.2, 0.25) is 11.3 Å². The van der Waals surface area contributed by atoms with E-state index in [0.717, 1.165) is 12.8 Å². The summed E-state index contributed by atoms with van der Waals surface area (Å²) >= 11 is -2.29. The molecule has 0 amide bonds. The summed E-state index contributed by atoms with van der Waals surface area (Å²) in [6.45, 7) is -0.184. The number of aliphatic hydroxyl groups is 1. The Morgan fingerprint density at radius 3 is 2.97 bits per heavy atom. The highest BCUT2D eigenvalue weighted by Gasteiger charge is 2.45. The molecule has 164 valence electrons. The van der Waals surface area contributed by atoms with Crippen LogP contribution in [0.5, 0.6) is 0 Å². The third-order valence-corrected chi connectivity index (χ3v) is 6.19. The number of halogens is 1. The van der Waals surface area contributed by atoms with Crippen LogP contribution in [-0.2, 0) is 22.4 Å². The van der Waals surface area contributed by atoms with Gasteiger partial charge in [-0.1, -0.05) is 24.3 Å². The van der Waals surface area contributed by atoms with Gasteiger partial charge in [0.1, 0.15) is 18.5 Å². The average Bonchev–Trinajstić information content (AvgIpc) is 3.45. The molecule has 10 nitrogen and oxygen atoms in total. The first-order valence-corrected chi connectivity index (χ1v) is 11.0. The number of hydrogen-bond acceptors (Lipinski definition) is 7. The highest BCUT2D eigenvalue weighted by molar-refractivity contribution is 7.77. The van der Waals surface area contributed by atoms with Gasteiger partial charge in [0.25, 0.3) is 0 Å². The minimum Gasteiger partial charge on any atom is -0.387 e. The molecule has 0 spiro atoms. The van der Waals surface area contributed by atoms with Gasteiger partial charge in [-0.15, -0.1) is 0 Å². The minimum atomic E-state index is -2.29. The molecule has 1 fully saturated rings. The number of aromatic nitrogens is 4. The third kappa shape index (κ3) is 3.70. The molecule has 5 rings (SSSR count). The van der Waals surface area contributed by atoms with Crippen molar-refractivity contribution in [3.63, 3.8) is 0 Å². The van der Waals surface area contributed by atoms with Crippen molar-refractivity contribution in [3.8, 4) is 0 Å². The van der Waals surface area contributed by atoms with Crippen LogP contribution in [0.4, 0.5) is 10.2 Å². The maximum Gasteiger partial charge on any atom is 0.231 e. The lowest BCUT2D eigenvalue weighted by molar-refractivity contribution is -0.0195. The number of anilines is 1. The zero-order valence-electron chi connectivity index (χ0n) is 16.3. The van der Waals surface area contributed by atoms with E-state index in [9.17, 15) is 13.7 Å². The van der Waals surface area contributed by atoms with E-state index in [1.165, 1.54) is 28.3 Å². The number of imidazole rings is 1. The first-order chi connectivity index (χ1) is 15.0. The summed E-state index contributed by atoms with van der Waals surface area (Å²) in [5, 5.41) is 13.6. The number of aliphatic hydroxyl groups excluding tert-OH is 1. The Bertz CT molecular complexity index is 1130. The average molecular weight is 448 g/mol. The molecule has 2 aromatic heterocycles. The van der Waals surface area contributed by atoms with E-state index in [4.69, 9.17) is 9.29 Å². The van der Waals surface area contributed by atoms with Gasteiger partial charge in [-0.3, -0.25) is 9.12 Å².